The molecule has 0 aliphatic heterocycles. The summed E-state index contributed by atoms with van der Waals surface area (Å²) in [5.41, 5.74) is 1.54. The van der Waals surface area contributed by atoms with Crippen molar-refractivity contribution in [3.8, 4) is 0 Å². The van der Waals surface area contributed by atoms with Crippen molar-refractivity contribution >= 4 is 19.0 Å². The monoisotopic (exact) mass is 454 g/mol. The molecule has 1 aromatic carbocycles. The Morgan fingerprint density at radius 2 is 1.12 bits per heavy atom. The molecule has 0 saturated carbocycles. The van der Waals surface area contributed by atoms with Crippen LogP contribution in [0.2, 0.25) is 0 Å². The molecule has 0 spiro atoms. The van der Waals surface area contributed by atoms with Gasteiger partial charge in [-0.2, -0.15) is 0 Å². The zero-order valence-electron chi connectivity index (χ0n) is 18.9. The first-order valence-corrected chi connectivity index (χ1v) is 12.3. The van der Waals surface area contributed by atoms with E-state index in [0.29, 0.717) is 39.3 Å². The van der Waals surface area contributed by atoms with Gasteiger partial charge in [0.2, 0.25) is 0 Å². The molecule has 32 heavy (non-hydrogen) atoms. The minimum atomic E-state index is -3.20. The molecule has 8 heteroatoms. The van der Waals surface area contributed by atoms with E-state index < -0.39 is 7.94 Å². The zero-order valence-corrected chi connectivity index (χ0v) is 19.9. The predicted octanol–water partition coefficient (Wildman–Crippen LogP) is 4.29. The summed E-state index contributed by atoms with van der Waals surface area (Å²) < 4.78 is 13.7. The Labute approximate surface area is 192 Å². The molecule has 0 bridgehead atoms. The van der Waals surface area contributed by atoms with Crippen LogP contribution in [-0.4, -0.2) is 68.4 Å². The van der Waals surface area contributed by atoms with Crippen LogP contribution in [0.3, 0.4) is 0 Å². The average Bonchev–Trinajstić information content (AvgIpc) is 3.20. The summed E-state index contributed by atoms with van der Waals surface area (Å²) in [5.74, 6) is 0. The van der Waals surface area contributed by atoms with Crippen LogP contribution in [0, 0.1) is 0 Å². The van der Waals surface area contributed by atoms with Crippen molar-refractivity contribution in [1.29, 1.82) is 0 Å². The van der Waals surface area contributed by atoms with E-state index in [0.717, 1.165) is 11.0 Å². The number of benzene rings is 1. The van der Waals surface area contributed by atoms with Crippen LogP contribution in [0.15, 0.2) is 100 Å². The molecule has 0 amide bonds. The van der Waals surface area contributed by atoms with E-state index in [1.165, 1.54) is 4.85 Å². The first kappa shape index (κ1) is 25.4. The van der Waals surface area contributed by atoms with Crippen LogP contribution in [-0.2, 0) is 0 Å². The Morgan fingerprint density at radius 3 is 1.53 bits per heavy atom. The minimum absolute atomic E-state index is 0.584. The van der Waals surface area contributed by atoms with Crippen molar-refractivity contribution in [2.24, 2.45) is 0 Å². The molecule has 0 unspecified atom stereocenters. The number of hydrogen-bond donors (Lipinski definition) is 0. The van der Waals surface area contributed by atoms with E-state index >= 15 is 0 Å². The van der Waals surface area contributed by atoms with Crippen molar-refractivity contribution in [3.05, 3.63) is 100 Å². The normalized spacial score (nSPS) is 12.1. The van der Waals surface area contributed by atoms with Crippen molar-refractivity contribution in [2.45, 2.75) is 0 Å². The summed E-state index contributed by atoms with van der Waals surface area (Å²) >= 11 is 0. The van der Waals surface area contributed by atoms with Gasteiger partial charge in [-0.05, 0) is 0 Å². The van der Waals surface area contributed by atoms with Crippen LogP contribution >= 0.6 is 7.94 Å². The topological polar surface area (TPSA) is 49.7 Å². The van der Waals surface area contributed by atoms with Gasteiger partial charge in [-0.25, -0.2) is 0 Å². The van der Waals surface area contributed by atoms with Gasteiger partial charge in [0.15, 0.2) is 0 Å². The van der Waals surface area contributed by atoms with E-state index in [1.807, 2.05) is 60.7 Å². The second-order valence-corrected chi connectivity index (χ2v) is 10.3. The second kappa shape index (κ2) is 12.9. The SMILES string of the molecule is C=CCN(CC=C)[PH](On1nnc2ccccc21)(N(CC=C)CC=C)N(CC=C)CC=C. The van der Waals surface area contributed by atoms with Crippen molar-refractivity contribution in [2.75, 3.05) is 39.3 Å². The average molecular weight is 455 g/mol. The van der Waals surface area contributed by atoms with E-state index in [2.05, 4.69) is 63.8 Å². The molecule has 2 aromatic rings. The molecular formula is C24H35N6OP. The fourth-order valence-electron chi connectivity index (χ4n) is 3.68. The van der Waals surface area contributed by atoms with Gasteiger partial charge < -0.3 is 0 Å². The summed E-state index contributed by atoms with van der Waals surface area (Å²) in [7, 11) is -3.20. The Bertz CT molecular complexity index is 850. The number of para-hydroxylation sites is 1. The van der Waals surface area contributed by atoms with Crippen molar-refractivity contribution in [3.63, 3.8) is 0 Å². The molecular weight excluding hydrogens is 419 g/mol. The van der Waals surface area contributed by atoms with Crippen molar-refractivity contribution < 1.29 is 4.62 Å². The van der Waals surface area contributed by atoms with E-state index in [1.54, 1.807) is 0 Å². The number of fused-ring (bicyclic) bond motifs is 1. The van der Waals surface area contributed by atoms with E-state index in [4.69, 9.17) is 4.62 Å². The standard InChI is InChI=1S/C24H35N6OP/c1-7-17-27(18-8-2)32(28(19-9-3)20-10-4,29(21-11-5)22-12-6)31-30-24-16-14-13-15-23(24)25-26-30/h7-16,32H,1-6,17-22H2. The van der Waals surface area contributed by atoms with Crippen LogP contribution in [0.1, 0.15) is 0 Å². The Balaban J connectivity index is 2.81. The first-order valence-electron chi connectivity index (χ1n) is 10.5. The number of nitrogens with zero attached hydrogens (tertiary/aromatic N) is 6. The fourth-order valence-corrected chi connectivity index (χ4v) is 7.79. The quantitative estimate of drug-likeness (QED) is 0.263. The number of aromatic nitrogens is 3. The molecule has 0 fully saturated rings. The third-order valence-corrected chi connectivity index (χ3v) is 8.85. The van der Waals surface area contributed by atoms with E-state index in [-0.39, 0.29) is 0 Å². The summed E-state index contributed by atoms with van der Waals surface area (Å²) in [6.45, 7) is 27.4. The zero-order chi connectivity index (χ0) is 23.4. The van der Waals surface area contributed by atoms with Gasteiger partial charge in [-0.3, -0.25) is 0 Å². The summed E-state index contributed by atoms with van der Waals surface area (Å²) in [4.78, 5) is 1.53. The van der Waals surface area contributed by atoms with Crippen LogP contribution in [0.25, 0.3) is 11.0 Å². The van der Waals surface area contributed by atoms with Gasteiger partial charge in [0.1, 0.15) is 0 Å². The maximum atomic E-state index is 6.93. The van der Waals surface area contributed by atoms with Gasteiger partial charge >= 0.3 is 192 Å². The first-order chi connectivity index (χ1) is 15.6. The molecule has 0 aliphatic rings. The molecule has 2 rings (SSSR count). The van der Waals surface area contributed by atoms with Crippen LogP contribution in [0.5, 0.6) is 0 Å². The summed E-state index contributed by atoms with van der Waals surface area (Å²) in [6, 6.07) is 7.72. The molecule has 0 aliphatic carbocycles. The molecule has 1 heterocycles. The van der Waals surface area contributed by atoms with Gasteiger partial charge in [0.25, 0.3) is 0 Å². The second-order valence-electron chi connectivity index (χ2n) is 7.06. The van der Waals surface area contributed by atoms with Crippen LogP contribution in [0.4, 0.5) is 0 Å². The fraction of sp³-hybridized carbons (Fsp3) is 0.250. The predicted molar refractivity (Wildman–Crippen MR) is 138 cm³/mol. The van der Waals surface area contributed by atoms with Crippen molar-refractivity contribution in [1.82, 2.24) is 29.2 Å². The van der Waals surface area contributed by atoms with E-state index in [9.17, 15) is 0 Å². The molecule has 1 aromatic heterocycles. The molecule has 172 valence electrons. The number of hydrogen-bond acceptors (Lipinski definition) is 6. The summed E-state index contributed by atoms with van der Waals surface area (Å²) in [5, 5.41) is 8.62. The van der Waals surface area contributed by atoms with Crippen LogP contribution < -0.4 is 4.62 Å². The van der Waals surface area contributed by atoms with Gasteiger partial charge in [-0.15, -0.1) is 0 Å². The Hall–Kier alpha value is -2.83. The summed E-state index contributed by atoms with van der Waals surface area (Å²) in [6.07, 6.45) is 11.2. The third-order valence-electron chi connectivity index (χ3n) is 4.86. The molecule has 7 nitrogen and oxygen atoms in total. The number of rotatable bonds is 17. The van der Waals surface area contributed by atoms with Gasteiger partial charge in [0, 0.05) is 0 Å². The van der Waals surface area contributed by atoms with Gasteiger partial charge in [0.05, 0.1) is 0 Å². The maximum absolute atomic E-state index is 6.93. The molecule has 0 atom stereocenters. The molecule has 0 N–H and O–H groups in total. The molecule has 0 saturated heterocycles. The van der Waals surface area contributed by atoms with Gasteiger partial charge in [-0.1, -0.05) is 0 Å². The molecule has 0 radical (unpaired) electrons. The Kier molecular flexibility index (Phi) is 10.2. The third kappa shape index (κ3) is 5.50. The Morgan fingerprint density at radius 1 is 0.719 bits per heavy atom.